The molecule has 0 heterocycles. The maximum absolute atomic E-state index is 12.4. The summed E-state index contributed by atoms with van der Waals surface area (Å²) in [6, 6.07) is 3.35. The molecule has 0 aliphatic heterocycles. The van der Waals surface area contributed by atoms with Crippen LogP contribution in [-0.2, 0) is 9.47 Å². The number of ether oxygens (including phenoxy) is 2. The Morgan fingerprint density at radius 1 is 0.733 bits per heavy atom. The highest BCUT2D eigenvalue weighted by Crippen LogP contribution is 2.37. The SMILES string of the molecule is CN(C)C(C)(OC(=O)c1cc(O)c(O)c(O)c1)OC(=O)c1cc(O)c(O)c(O)c1.Cl. The van der Waals surface area contributed by atoms with Crippen molar-refractivity contribution in [2.75, 3.05) is 14.1 Å². The highest BCUT2D eigenvalue weighted by Gasteiger charge is 2.37. The molecule has 6 N–H and O–H groups in total. The number of hydrogen-bond donors (Lipinski definition) is 6. The van der Waals surface area contributed by atoms with E-state index in [1.807, 2.05) is 0 Å². The van der Waals surface area contributed by atoms with Crippen LogP contribution < -0.4 is 0 Å². The third-order valence-corrected chi connectivity index (χ3v) is 3.99. The molecule has 0 radical (unpaired) electrons. The van der Waals surface area contributed by atoms with Crippen molar-refractivity contribution in [3.8, 4) is 34.5 Å². The number of nitrogens with zero attached hydrogens (tertiary/aromatic N) is 1. The zero-order valence-corrected chi connectivity index (χ0v) is 16.8. The van der Waals surface area contributed by atoms with E-state index in [0.717, 1.165) is 24.3 Å². The van der Waals surface area contributed by atoms with E-state index in [2.05, 4.69) is 0 Å². The number of benzene rings is 2. The van der Waals surface area contributed by atoms with Gasteiger partial charge in [-0.05, 0) is 38.4 Å². The predicted octanol–water partition coefficient (Wildman–Crippen LogP) is 1.59. The van der Waals surface area contributed by atoms with Crippen LogP contribution in [-0.4, -0.2) is 67.5 Å². The van der Waals surface area contributed by atoms with Crippen LogP contribution in [0.3, 0.4) is 0 Å². The summed E-state index contributed by atoms with van der Waals surface area (Å²) in [6.45, 7) is 1.21. The van der Waals surface area contributed by atoms with Crippen LogP contribution in [0.2, 0.25) is 0 Å². The number of carbonyl (C=O) groups excluding carboxylic acids is 2. The molecule has 0 saturated heterocycles. The van der Waals surface area contributed by atoms with Crippen LogP contribution in [0.4, 0.5) is 0 Å². The number of carbonyl (C=O) groups is 2. The molecule has 0 unspecified atom stereocenters. The minimum atomic E-state index is -2.00. The van der Waals surface area contributed by atoms with Gasteiger partial charge in [-0.3, -0.25) is 0 Å². The summed E-state index contributed by atoms with van der Waals surface area (Å²) in [5, 5.41) is 56.8. The van der Waals surface area contributed by atoms with Gasteiger partial charge < -0.3 is 40.1 Å². The Morgan fingerprint density at radius 2 is 1.00 bits per heavy atom. The fourth-order valence-corrected chi connectivity index (χ4v) is 2.11. The van der Waals surface area contributed by atoms with Gasteiger partial charge in [-0.25, -0.2) is 14.5 Å². The Bertz CT molecular complexity index is 858. The minimum absolute atomic E-state index is 0. The average Bonchev–Trinajstić information content (AvgIpc) is 2.62. The van der Waals surface area contributed by atoms with E-state index in [1.54, 1.807) is 0 Å². The lowest BCUT2D eigenvalue weighted by Gasteiger charge is -2.34. The van der Waals surface area contributed by atoms with E-state index >= 15 is 0 Å². The maximum atomic E-state index is 12.4. The third-order valence-electron chi connectivity index (χ3n) is 3.99. The standard InChI is InChI=1S/C18H19NO10.ClH/c1-18(19(2)3,28-16(26)8-4-10(20)14(24)11(21)5-8)29-17(27)9-6-12(22)15(25)13(23)7-9;/h4-7,20-25H,1-3H3;1H. The molecule has 2 aromatic rings. The molecule has 0 aliphatic rings. The highest BCUT2D eigenvalue weighted by atomic mass is 35.5. The largest absolute Gasteiger partial charge is 0.504 e. The molecule has 0 fully saturated rings. The Morgan fingerprint density at radius 3 is 1.23 bits per heavy atom. The van der Waals surface area contributed by atoms with Crippen molar-refractivity contribution in [2.24, 2.45) is 0 Å². The van der Waals surface area contributed by atoms with Crippen molar-refractivity contribution in [3.63, 3.8) is 0 Å². The van der Waals surface area contributed by atoms with Gasteiger partial charge in [-0.2, -0.15) is 0 Å². The van der Waals surface area contributed by atoms with Crippen LogP contribution >= 0.6 is 12.4 Å². The molecule has 0 saturated carbocycles. The molecule has 0 bridgehead atoms. The van der Waals surface area contributed by atoms with E-state index in [-0.39, 0.29) is 23.5 Å². The first-order valence-electron chi connectivity index (χ1n) is 7.99. The smallest absolute Gasteiger partial charge is 0.342 e. The van der Waals surface area contributed by atoms with E-state index in [0.29, 0.717) is 0 Å². The monoisotopic (exact) mass is 445 g/mol. The number of phenolic OH excluding ortho intramolecular Hbond substituents is 6. The first kappa shape index (κ1) is 24.5. The van der Waals surface area contributed by atoms with Crippen LogP contribution in [0.5, 0.6) is 34.5 Å². The summed E-state index contributed by atoms with van der Waals surface area (Å²) < 4.78 is 10.4. The molecular formula is C18H20ClNO10. The number of phenols is 6. The molecule has 0 spiro atoms. The quantitative estimate of drug-likeness (QED) is 0.223. The predicted molar refractivity (Wildman–Crippen MR) is 103 cm³/mol. The number of halogens is 1. The third kappa shape index (κ3) is 4.88. The summed E-state index contributed by atoms with van der Waals surface area (Å²) in [5.41, 5.74) is -0.691. The Balaban J connectivity index is 0.00000450. The zero-order valence-electron chi connectivity index (χ0n) is 16.0. The summed E-state index contributed by atoms with van der Waals surface area (Å²) in [7, 11) is 2.83. The highest BCUT2D eigenvalue weighted by molar-refractivity contribution is 5.93. The zero-order chi connectivity index (χ0) is 22.1. The fraction of sp³-hybridized carbons (Fsp3) is 0.222. The summed E-state index contributed by atoms with van der Waals surface area (Å²) >= 11 is 0. The van der Waals surface area contributed by atoms with Crippen molar-refractivity contribution in [1.82, 2.24) is 4.90 Å². The lowest BCUT2D eigenvalue weighted by Crippen LogP contribution is -2.49. The molecule has 0 atom stereocenters. The van der Waals surface area contributed by atoms with Gasteiger partial charge in [-0.15, -0.1) is 12.4 Å². The molecule has 11 nitrogen and oxygen atoms in total. The number of hydrogen-bond acceptors (Lipinski definition) is 11. The lowest BCUT2D eigenvalue weighted by molar-refractivity contribution is -0.233. The molecule has 0 aromatic heterocycles. The van der Waals surface area contributed by atoms with Crippen LogP contribution in [0, 0.1) is 0 Å². The van der Waals surface area contributed by atoms with Gasteiger partial charge in [0.2, 0.25) is 0 Å². The topological polar surface area (TPSA) is 177 Å². The van der Waals surface area contributed by atoms with Gasteiger partial charge in [0.25, 0.3) is 0 Å². The summed E-state index contributed by atoms with van der Waals surface area (Å²) in [4.78, 5) is 26.0. The normalized spacial score (nSPS) is 10.9. The second-order valence-electron chi connectivity index (χ2n) is 6.30. The van der Waals surface area contributed by atoms with Crippen molar-refractivity contribution >= 4 is 24.3 Å². The minimum Gasteiger partial charge on any atom is -0.504 e. The van der Waals surface area contributed by atoms with Gasteiger partial charge in [0.1, 0.15) is 0 Å². The molecule has 2 aromatic carbocycles. The number of aromatic hydroxyl groups is 6. The van der Waals surface area contributed by atoms with Crippen LogP contribution in [0.1, 0.15) is 27.6 Å². The van der Waals surface area contributed by atoms with Crippen LogP contribution in [0.25, 0.3) is 0 Å². The van der Waals surface area contributed by atoms with E-state index in [4.69, 9.17) is 9.47 Å². The molecule has 164 valence electrons. The second-order valence-corrected chi connectivity index (χ2v) is 6.30. The van der Waals surface area contributed by atoms with E-state index in [1.165, 1.54) is 25.9 Å². The molecule has 12 heteroatoms. The van der Waals surface area contributed by atoms with Gasteiger partial charge in [-0.1, -0.05) is 0 Å². The van der Waals surface area contributed by atoms with Crippen molar-refractivity contribution in [1.29, 1.82) is 0 Å². The van der Waals surface area contributed by atoms with Gasteiger partial charge in [0.05, 0.1) is 11.1 Å². The second kappa shape index (κ2) is 8.84. The molecule has 0 aliphatic carbocycles. The number of rotatable bonds is 5. The summed E-state index contributed by atoms with van der Waals surface area (Å²) in [6.07, 6.45) is 0. The summed E-state index contributed by atoms with van der Waals surface area (Å²) in [5.74, 6) is -8.95. The number of esters is 2. The lowest BCUT2D eigenvalue weighted by atomic mass is 10.2. The molecule has 0 amide bonds. The fourth-order valence-electron chi connectivity index (χ4n) is 2.11. The molecule has 2 rings (SSSR count). The maximum Gasteiger partial charge on any atom is 0.342 e. The van der Waals surface area contributed by atoms with E-state index in [9.17, 15) is 40.2 Å². The van der Waals surface area contributed by atoms with Crippen LogP contribution in [0.15, 0.2) is 24.3 Å². The Kier molecular flexibility index (Phi) is 7.21. The van der Waals surface area contributed by atoms with Crippen molar-refractivity contribution in [2.45, 2.75) is 12.8 Å². The first-order valence-corrected chi connectivity index (χ1v) is 7.99. The van der Waals surface area contributed by atoms with Crippen molar-refractivity contribution < 1.29 is 49.7 Å². The average molecular weight is 446 g/mol. The van der Waals surface area contributed by atoms with Gasteiger partial charge in [0.15, 0.2) is 34.5 Å². The Labute approximate surface area is 176 Å². The molecular weight excluding hydrogens is 426 g/mol. The van der Waals surface area contributed by atoms with E-state index < -0.39 is 52.3 Å². The van der Waals surface area contributed by atoms with Crippen molar-refractivity contribution in [3.05, 3.63) is 35.4 Å². The van der Waals surface area contributed by atoms with Gasteiger partial charge >= 0.3 is 17.8 Å². The first-order chi connectivity index (χ1) is 13.4. The molecule has 30 heavy (non-hydrogen) atoms. The Hall–Kier alpha value is -3.57. The van der Waals surface area contributed by atoms with Gasteiger partial charge in [0, 0.05) is 6.92 Å².